The molecule has 2 atom stereocenters. The molecular formula is C19H18ClFN2. The molecule has 2 heterocycles. The standard InChI is InChI=1S/C19H18ClFN2/c20-15-8-4-7-13-17(14-11-22-10-9-16(14)21)18(23-19(13)15)12-5-2-1-3-6-12/h1-8,14,16,22-23H,9-11H2/t14?,16-/m1/s1. The van der Waals surface area contributed by atoms with E-state index in [0.717, 1.165) is 34.3 Å². The van der Waals surface area contributed by atoms with Crippen LogP contribution in [-0.4, -0.2) is 24.2 Å². The van der Waals surface area contributed by atoms with Gasteiger partial charge in [0.1, 0.15) is 6.17 Å². The molecule has 118 valence electrons. The van der Waals surface area contributed by atoms with Crippen LogP contribution in [0.25, 0.3) is 22.2 Å². The average Bonchev–Trinajstić information content (AvgIpc) is 2.97. The number of hydrogen-bond donors (Lipinski definition) is 2. The molecule has 0 saturated carbocycles. The maximum Gasteiger partial charge on any atom is 0.109 e. The minimum absolute atomic E-state index is 0.161. The van der Waals surface area contributed by atoms with Crippen molar-refractivity contribution in [1.82, 2.24) is 10.3 Å². The molecule has 2 aromatic carbocycles. The maximum absolute atomic E-state index is 14.6. The number of piperidine rings is 1. The molecule has 0 aliphatic carbocycles. The van der Waals surface area contributed by atoms with Crippen LogP contribution in [0.3, 0.4) is 0 Å². The van der Waals surface area contributed by atoms with Gasteiger partial charge in [-0.3, -0.25) is 0 Å². The van der Waals surface area contributed by atoms with E-state index >= 15 is 0 Å². The Morgan fingerprint density at radius 2 is 1.87 bits per heavy atom. The zero-order valence-electron chi connectivity index (χ0n) is 12.7. The fraction of sp³-hybridized carbons (Fsp3) is 0.263. The average molecular weight is 329 g/mol. The molecule has 23 heavy (non-hydrogen) atoms. The third-order valence-corrected chi connectivity index (χ3v) is 4.97. The molecule has 1 aliphatic rings. The van der Waals surface area contributed by atoms with Gasteiger partial charge >= 0.3 is 0 Å². The first kappa shape index (κ1) is 14.7. The molecule has 0 bridgehead atoms. The molecule has 0 radical (unpaired) electrons. The Hall–Kier alpha value is -1.84. The molecule has 1 unspecified atom stereocenters. The van der Waals surface area contributed by atoms with Crippen molar-refractivity contribution in [3.8, 4) is 11.3 Å². The number of fused-ring (bicyclic) bond motifs is 1. The lowest BCUT2D eigenvalue weighted by atomic mass is 9.86. The van der Waals surface area contributed by atoms with Crippen molar-refractivity contribution in [2.24, 2.45) is 0 Å². The Labute approximate surface area is 139 Å². The van der Waals surface area contributed by atoms with Gasteiger partial charge in [-0.2, -0.15) is 0 Å². The van der Waals surface area contributed by atoms with Gasteiger partial charge in [0, 0.05) is 17.8 Å². The minimum Gasteiger partial charge on any atom is -0.353 e. The lowest BCUT2D eigenvalue weighted by Crippen LogP contribution is -2.36. The number of rotatable bonds is 2. The molecule has 3 aromatic rings. The van der Waals surface area contributed by atoms with Crippen LogP contribution in [0.2, 0.25) is 5.02 Å². The molecule has 2 nitrogen and oxygen atoms in total. The summed E-state index contributed by atoms with van der Waals surface area (Å²) in [6.07, 6.45) is -0.289. The maximum atomic E-state index is 14.6. The van der Waals surface area contributed by atoms with Crippen LogP contribution in [0.1, 0.15) is 17.9 Å². The van der Waals surface area contributed by atoms with E-state index in [4.69, 9.17) is 11.6 Å². The second kappa shape index (κ2) is 5.99. The van der Waals surface area contributed by atoms with Gasteiger partial charge < -0.3 is 10.3 Å². The van der Waals surface area contributed by atoms with E-state index in [1.54, 1.807) is 0 Å². The quantitative estimate of drug-likeness (QED) is 0.687. The van der Waals surface area contributed by atoms with Gasteiger partial charge in [0.2, 0.25) is 0 Å². The topological polar surface area (TPSA) is 27.8 Å². The van der Waals surface area contributed by atoms with Crippen LogP contribution in [0.5, 0.6) is 0 Å². The zero-order valence-corrected chi connectivity index (χ0v) is 13.4. The van der Waals surface area contributed by atoms with Gasteiger partial charge in [-0.25, -0.2) is 4.39 Å². The van der Waals surface area contributed by atoms with Gasteiger partial charge in [0.15, 0.2) is 0 Å². The Kier molecular flexibility index (Phi) is 3.83. The van der Waals surface area contributed by atoms with Crippen LogP contribution in [0.4, 0.5) is 4.39 Å². The molecule has 2 N–H and O–H groups in total. The number of H-pyrrole nitrogens is 1. The van der Waals surface area contributed by atoms with Crippen LogP contribution in [0.15, 0.2) is 48.5 Å². The van der Waals surface area contributed by atoms with Crippen molar-refractivity contribution >= 4 is 22.5 Å². The Morgan fingerprint density at radius 3 is 2.65 bits per heavy atom. The third kappa shape index (κ3) is 2.54. The molecule has 4 rings (SSSR count). The minimum atomic E-state index is -0.836. The van der Waals surface area contributed by atoms with Crippen molar-refractivity contribution in [1.29, 1.82) is 0 Å². The van der Waals surface area contributed by atoms with E-state index in [-0.39, 0.29) is 5.92 Å². The van der Waals surface area contributed by atoms with E-state index in [1.807, 2.05) is 48.5 Å². The predicted octanol–water partition coefficient (Wildman–Crippen LogP) is 4.90. The summed E-state index contributed by atoms with van der Waals surface area (Å²) < 4.78 is 14.6. The van der Waals surface area contributed by atoms with Gasteiger partial charge in [-0.15, -0.1) is 0 Å². The summed E-state index contributed by atoms with van der Waals surface area (Å²) in [5.41, 5.74) is 3.96. The number of hydrogen-bond acceptors (Lipinski definition) is 1. The number of nitrogens with one attached hydrogen (secondary N) is 2. The van der Waals surface area contributed by atoms with E-state index in [2.05, 4.69) is 10.3 Å². The molecule has 0 spiro atoms. The Balaban J connectivity index is 1.98. The summed E-state index contributed by atoms with van der Waals surface area (Å²) in [6, 6.07) is 15.9. The second-order valence-electron chi connectivity index (χ2n) is 6.06. The van der Waals surface area contributed by atoms with Crippen molar-refractivity contribution in [2.75, 3.05) is 13.1 Å². The van der Waals surface area contributed by atoms with Gasteiger partial charge in [-0.1, -0.05) is 54.1 Å². The normalized spacial score (nSPS) is 21.7. The molecule has 1 fully saturated rings. The largest absolute Gasteiger partial charge is 0.353 e. The van der Waals surface area contributed by atoms with Crippen molar-refractivity contribution < 1.29 is 4.39 Å². The number of halogens is 2. The highest BCUT2D eigenvalue weighted by atomic mass is 35.5. The third-order valence-electron chi connectivity index (χ3n) is 4.65. The van der Waals surface area contributed by atoms with Gasteiger partial charge in [0.25, 0.3) is 0 Å². The molecule has 1 saturated heterocycles. The van der Waals surface area contributed by atoms with Crippen LogP contribution in [0, 0.1) is 0 Å². The second-order valence-corrected chi connectivity index (χ2v) is 6.46. The first-order valence-electron chi connectivity index (χ1n) is 7.96. The fourth-order valence-electron chi connectivity index (χ4n) is 3.53. The fourth-order valence-corrected chi connectivity index (χ4v) is 3.75. The lowest BCUT2D eigenvalue weighted by molar-refractivity contribution is 0.229. The van der Waals surface area contributed by atoms with Crippen molar-refractivity contribution in [3.63, 3.8) is 0 Å². The smallest absolute Gasteiger partial charge is 0.109 e. The van der Waals surface area contributed by atoms with E-state index in [9.17, 15) is 4.39 Å². The first-order valence-corrected chi connectivity index (χ1v) is 8.34. The van der Waals surface area contributed by atoms with Crippen molar-refractivity contribution in [3.05, 3.63) is 59.1 Å². The van der Waals surface area contributed by atoms with Crippen molar-refractivity contribution in [2.45, 2.75) is 18.5 Å². The summed E-state index contributed by atoms with van der Waals surface area (Å²) in [7, 11) is 0. The number of benzene rings is 2. The zero-order chi connectivity index (χ0) is 15.8. The lowest BCUT2D eigenvalue weighted by Gasteiger charge is -2.27. The van der Waals surface area contributed by atoms with E-state index < -0.39 is 6.17 Å². The highest BCUT2D eigenvalue weighted by molar-refractivity contribution is 6.35. The first-order chi connectivity index (χ1) is 11.3. The molecule has 0 amide bonds. The predicted molar refractivity (Wildman–Crippen MR) is 93.9 cm³/mol. The number of para-hydroxylation sites is 1. The van der Waals surface area contributed by atoms with Gasteiger partial charge in [-0.05, 0) is 30.2 Å². The summed E-state index contributed by atoms with van der Waals surface area (Å²) >= 11 is 6.36. The highest BCUT2D eigenvalue weighted by Crippen LogP contribution is 2.40. The van der Waals surface area contributed by atoms with Crippen LogP contribution < -0.4 is 5.32 Å². The summed E-state index contributed by atoms with van der Waals surface area (Å²) in [5, 5.41) is 5.02. The molecular weight excluding hydrogens is 311 g/mol. The number of aromatic nitrogens is 1. The van der Waals surface area contributed by atoms with Crippen LogP contribution >= 0.6 is 11.6 Å². The number of alkyl halides is 1. The molecule has 1 aromatic heterocycles. The number of aromatic amines is 1. The summed E-state index contributed by atoms with van der Waals surface area (Å²) in [6.45, 7) is 1.39. The highest BCUT2D eigenvalue weighted by Gasteiger charge is 2.31. The molecule has 1 aliphatic heterocycles. The van der Waals surface area contributed by atoms with E-state index in [1.165, 1.54) is 0 Å². The molecule has 4 heteroatoms. The monoisotopic (exact) mass is 328 g/mol. The SMILES string of the molecule is F[C@@H]1CCNCC1c1c(-c2ccccc2)[nH]c2c(Cl)cccc12. The Morgan fingerprint density at radius 1 is 1.04 bits per heavy atom. The Bertz CT molecular complexity index is 828. The van der Waals surface area contributed by atoms with E-state index in [0.29, 0.717) is 18.0 Å². The summed E-state index contributed by atoms with van der Waals surface area (Å²) in [5.74, 6) is -0.161. The summed E-state index contributed by atoms with van der Waals surface area (Å²) in [4.78, 5) is 3.44. The van der Waals surface area contributed by atoms with Crippen LogP contribution in [-0.2, 0) is 0 Å². The van der Waals surface area contributed by atoms with Gasteiger partial charge in [0.05, 0.1) is 16.2 Å².